The van der Waals surface area contributed by atoms with E-state index in [-0.39, 0.29) is 18.2 Å². The Bertz CT molecular complexity index is 1160. The second-order valence-electron chi connectivity index (χ2n) is 12.1. The van der Waals surface area contributed by atoms with Crippen molar-refractivity contribution >= 4 is 23.6 Å². The van der Waals surface area contributed by atoms with Crippen LogP contribution >= 0.6 is 11.8 Å². The van der Waals surface area contributed by atoms with E-state index in [1.54, 1.807) is 11.8 Å². The van der Waals surface area contributed by atoms with Gasteiger partial charge >= 0.3 is 5.97 Å². The van der Waals surface area contributed by atoms with E-state index in [0.717, 1.165) is 41.3 Å². The molecule has 1 heterocycles. The molecule has 2 fully saturated rings. The van der Waals surface area contributed by atoms with Gasteiger partial charge in [-0.2, -0.15) is 11.8 Å². The van der Waals surface area contributed by atoms with Crippen LogP contribution < -0.4 is 5.32 Å². The van der Waals surface area contributed by atoms with Crippen LogP contribution in [0.3, 0.4) is 0 Å². The molecule has 3 atom stereocenters. The summed E-state index contributed by atoms with van der Waals surface area (Å²) >= 11 is 1.57. The number of thioether (sulfide) groups is 1. The summed E-state index contributed by atoms with van der Waals surface area (Å²) in [7, 11) is 0. The van der Waals surface area contributed by atoms with Crippen LogP contribution in [-0.4, -0.2) is 59.1 Å². The fourth-order valence-electron chi connectivity index (χ4n) is 6.62. The number of benzene rings is 2. The number of carboxylic acids is 1. The number of rotatable bonds is 12. The summed E-state index contributed by atoms with van der Waals surface area (Å²) in [5, 5.41) is 12.5. The highest BCUT2D eigenvalue weighted by atomic mass is 32.2. The lowest BCUT2D eigenvalue weighted by Crippen LogP contribution is -2.42. The highest BCUT2D eigenvalue weighted by Gasteiger charge is 2.33. The van der Waals surface area contributed by atoms with Gasteiger partial charge in [0.2, 0.25) is 0 Å². The Morgan fingerprint density at radius 1 is 1.02 bits per heavy atom. The number of carbonyl (C=O) groups excluding carboxylic acids is 1. The van der Waals surface area contributed by atoms with Crippen LogP contribution in [0.25, 0.3) is 11.1 Å². The van der Waals surface area contributed by atoms with Gasteiger partial charge in [0.25, 0.3) is 5.91 Å². The van der Waals surface area contributed by atoms with Crippen LogP contribution in [0.15, 0.2) is 42.5 Å². The maximum atomic E-state index is 13.6. The van der Waals surface area contributed by atoms with Crippen LogP contribution in [-0.2, 0) is 9.53 Å². The monoisotopic (exact) mass is 580 g/mol. The minimum Gasteiger partial charge on any atom is -0.480 e. The van der Waals surface area contributed by atoms with Crippen molar-refractivity contribution in [1.82, 2.24) is 10.2 Å². The minimum absolute atomic E-state index is 0.0488. The van der Waals surface area contributed by atoms with Crippen molar-refractivity contribution in [2.45, 2.75) is 90.5 Å². The molecule has 0 radical (unpaired) electrons. The number of hydrogen-bond donors (Lipinski definition) is 2. The Morgan fingerprint density at radius 2 is 1.76 bits per heavy atom. The van der Waals surface area contributed by atoms with E-state index in [2.05, 4.69) is 30.1 Å². The Hall–Kier alpha value is -2.35. The molecule has 1 saturated carbocycles. The number of likely N-dealkylation sites (tertiary alicyclic amines) is 1. The topological polar surface area (TPSA) is 78.9 Å². The molecule has 6 nitrogen and oxygen atoms in total. The van der Waals surface area contributed by atoms with Crippen LogP contribution in [0, 0.1) is 18.8 Å². The first-order valence-corrected chi connectivity index (χ1v) is 16.8. The molecule has 4 rings (SSSR count). The van der Waals surface area contributed by atoms with Gasteiger partial charge in [0, 0.05) is 18.7 Å². The highest BCUT2D eigenvalue weighted by molar-refractivity contribution is 7.98. The summed E-state index contributed by atoms with van der Waals surface area (Å²) in [6, 6.07) is 13.1. The van der Waals surface area contributed by atoms with Crippen molar-refractivity contribution in [3.8, 4) is 11.1 Å². The largest absolute Gasteiger partial charge is 0.480 e. The van der Waals surface area contributed by atoms with Gasteiger partial charge in [-0.15, -0.1) is 0 Å². The predicted octanol–water partition coefficient (Wildman–Crippen LogP) is 7.31. The Labute approximate surface area is 250 Å². The number of carboxylic acid groups (broad SMARTS) is 1. The van der Waals surface area contributed by atoms with Gasteiger partial charge in [0.15, 0.2) is 0 Å². The molecule has 1 aliphatic carbocycles. The molecule has 0 aromatic heterocycles. The molecule has 1 aliphatic heterocycles. The molecule has 0 spiro atoms. The zero-order valence-corrected chi connectivity index (χ0v) is 26.1. The Morgan fingerprint density at radius 3 is 2.44 bits per heavy atom. The summed E-state index contributed by atoms with van der Waals surface area (Å²) < 4.78 is 6.62. The summed E-state index contributed by atoms with van der Waals surface area (Å²) in [5.74, 6) is 0.808. The summed E-state index contributed by atoms with van der Waals surface area (Å²) in [6.07, 6.45) is 11.4. The summed E-state index contributed by atoms with van der Waals surface area (Å²) in [6.45, 7) is 8.25. The standard InChI is InChI=1S/C34H48N2O4S/c1-23(2)40-33(36-19-10-14-27(22-36)25-12-6-5-7-13-25)26-16-17-29(30(21-26)28-15-9-8-11-24(28)3)32(37)35-31(34(38)39)18-20-41-4/h8-9,11,15-17,21,23,25,27,31,33H,5-7,10,12-14,18-20,22H2,1-4H3,(H,35,37)(H,38,39)/t27?,31-,33?/m0/s1. The van der Waals surface area contributed by atoms with E-state index >= 15 is 0 Å². The van der Waals surface area contributed by atoms with Crippen molar-refractivity contribution in [3.05, 3.63) is 59.2 Å². The van der Waals surface area contributed by atoms with Crippen LogP contribution in [0.5, 0.6) is 0 Å². The Balaban J connectivity index is 1.68. The van der Waals surface area contributed by atoms with E-state index in [1.807, 2.05) is 49.6 Å². The van der Waals surface area contributed by atoms with Gasteiger partial charge in [-0.3, -0.25) is 9.69 Å². The molecule has 41 heavy (non-hydrogen) atoms. The van der Waals surface area contributed by atoms with Crippen molar-refractivity contribution in [3.63, 3.8) is 0 Å². The average Bonchev–Trinajstić information content (AvgIpc) is 2.98. The van der Waals surface area contributed by atoms with Gasteiger partial charge in [-0.25, -0.2) is 4.79 Å². The first kappa shape index (κ1) is 31.6. The zero-order chi connectivity index (χ0) is 29.4. The van der Waals surface area contributed by atoms with Gasteiger partial charge in [-0.05, 0) is 98.3 Å². The average molecular weight is 581 g/mol. The molecule has 2 N–H and O–H groups in total. The first-order chi connectivity index (χ1) is 19.8. The fourth-order valence-corrected chi connectivity index (χ4v) is 7.09. The lowest BCUT2D eigenvalue weighted by Gasteiger charge is -2.42. The molecule has 2 aromatic carbocycles. The second-order valence-corrected chi connectivity index (χ2v) is 13.1. The number of piperidine rings is 1. The van der Waals surface area contributed by atoms with E-state index in [9.17, 15) is 14.7 Å². The molecule has 1 amide bonds. The van der Waals surface area contributed by atoms with Crippen molar-refractivity contribution in [2.24, 2.45) is 11.8 Å². The number of aliphatic carboxylic acids is 1. The van der Waals surface area contributed by atoms with Gasteiger partial charge in [-0.1, -0.05) is 62.4 Å². The van der Waals surface area contributed by atoms with Gasteiger partial charge < -0.3 is 15.2 Å². The third-order valence-corrected chi connectivity index (χ3v) is 9.41. The zero-order valence-electron chi connectivity index (χ0n) is 25.2. The summed E-state index contributed by atoms with van der Waals surface area (Å²) in [5.41, 5.74) is 4.37. The van der Waals surface area contributed by atoms with Gasteiger partial charge in [0.1, 0.15) is 12.3 Å². The highest BCUT2D eigenvalue weighted by Crippen LogP contribution is 2.39. The molecular formula is C34H48N2O4S. The Kier molecular flexibility index (Phi) is 11.7. The van der Waals surface area contributed by atoms with Crippen LogP contribution in [0.1, 0.15) is 92.9 Å². The van der Waals surface area contributed by atoms with Crippen LogP contribution in [0.2, 0.25) is 0 Å². The third-order valence-electron chi connectivity index (χ3n) is 8.76. The van der Waals surface area contributed by atoms with E-state index in [4.69, 9.17) is 4.74 Å². The maximum absolute atomic E-state index is 13.6. The molecular weight excluding hydrogens is 532 g/mol. The number of nitrogens with zero attached hydrogens (tertiary/aromatic N) is 1. The predicted molar refractivity (Wildman–Crippen MR) is 168 cm³/mol. The summed E-state index contributed by atoms with van der Waals surface area (Å²) in [4.78, 5) is 28.0. The molecule has 2 aliphatic rings. The molecule has 0 bridgehead atoms. The number of ether oxygens (including phenoxy) is 1. The molecule has 224 valence electrons. The number of nitrogens with one attached hydrogen (secondary N) is 1. The number of hydrogen-bond acceptors (Lipinski definition) is 5. The van der Waals surface area contributed by atoms with Gasteiger partial charge in [0.05, 0.1) is 6.10 Å². The van der Waals surface area contributed by atoms with E-state index < -0.39 is 12.0 Å². The number of aryl methyl sites for hydroxylation is 1. The van der Waals surface area contributed by atoms with Crippen molar-refractivity contribution in [2.75, 3.05) is 25.1 Å². The third kappa shape index (κ3) is 8.36. The van der Waals surface area contributed by atoms with Crippen LogP contribution in [0.4, 0.5) is 0 Å². The first-order valence-electron chi connectivity index (χ1n) is 15.4. The lowest BCUT2D eigenvalue weighted by atomic mass is 9.76. The molecule has 1 saturated heterocycles. The van der Waals surface area contributed by atoms with E-state index in [0.29, 0.717) is 23.7 Å². The van der Waals surface area contributed by atoms with Crippen molar-refractivity contribution in [1.29, 1.82) is 0 Å². The normalized spacial score (nSPS) is 20.1. The van der Waals surface area contributed by atoms with Crippen molar-refractivity contribution < 1.29 is 19.4 Å². The number of amides is 1. The van der Waals surface area contributed by atoms with E-state index in [1.165, 1.54) is 44.9 Å². The smallest absolute Gasteiger partial charge is 0.326 e. The minimum atomic E-state index is -1.01. The molecule has 2 unspecified atom stereocenters. The quantitative estimate of drug-likeness (QED) is 0.274. The fraction of sp³-hybridized carbons (Fsp3) is 0.588. The maximum Gasteiger partial charge on any atom is 0.326 e. The SMILES string of the molecule is CSCC[C@H](NC(=O)c1ccc(C(OC(C)C)N2CCCC(C3CCCCC3)C2)cc1-c1ccccc1C)C(=O)O. The molecule has 2 aromatic rings. The molecule has 7 heteroatoms. The lowest BCUT2D eigenvalue weighted by molar-refractivity contribution is -0.139. The number of carbonyl (C=O) groups is 2. The second kappa shape index (κ2) is 15.2.